The maximum atomic E-state index is 11.9. The van der Waals surface area contributed by atoms with Crippen molar-refractivity contribution < 1.29 is 28.2 Å². The molecule has 0 unspecified atom stereocenters. The number of amides is 1. The second-order valence-electron chi connectivity index (χ2n) is 6.98. The van der Waals surface area contributed by atoms with E-state index in [-0.39, 0.29) is 19.3 Å². The number of furan rings is 1. The molecule has 3 aromatic rings. The lowest BCUT2D eigenvalue weighted by Crippen LogP contribution is -2.25. The summed E-state index contributed by atoms with van der Waals surface area (Å²) in [5.41, 5.74) is 1.81. The minimum Gasteiger partial charge on any atom is -0.493 e. The number of aromatic nitrogens is 2. The van der Waals surface area contributed by atoms with Gasteiger partial charge in [0, 0.05) is 18.2 Å². The number of carbonyl (C=O) groups excluding carboxylic acids is 1. The van der Waals surface area contributed by atoms with Gasteiger partial charge < -0.3 is 28.7 Å². The molecule has 4 rings (SSSR count). The first-order chi connectivity index (χ1) is 15.2. The molecule has 1 saturated heterocycles. The average molecular weight is 427 g/mol. The minimum absolute atomic E-state index is 0.0159. The summed E-state index contributed by atoms with van der Waals surface area (Å²) in [4.78, 5) is 11.9. The Balaban J connectivity index is 1.36. The van der Waals surface area contributed by atoms with Crippen LogP contribution in [0.25, 0.3) is 11.3 Å². The van der Waals surface area contributed by atoms with Crippen molar-refractivity contribution >= 4 is 6.09 Å². The molecular formula is C22H25N3O6. The van der Waals surface area contributed by atoms with E-state index in [1.165, 1.54) is 0 Å². The Kier molecular flexibility index (Phi) is 6.73. The largest absolute Gasteiger partial charge is 0.493 e. The van der Waals surface area contributed by atoms with Gasteiger partial charge in [-0.15, -0.1) is 0 Å². The van der Waals surface area contributed by atoms with Crippen LogP contribution in [-0.4, -0.2) is 48.9 Å². The van der Waals surface area contributed by atoms with Crippen LogP contribution in [0.5, 0.6) is 11.5 Å². The van der Waals surface area contributed by atoms with Crippen LogP contribution in [0.4, 0.5) is 4.79 Å². The van der Waals surface area contributed by atoms with Crippen LogP contribution in [0.1, 0.15) is 12.2 Å². The summed E-state index contributed by atoms with van der Waals surface area (Å²) in [5, 5.41) is 6.99. The molecule has 31 heavy (non-hydrogen) atoms. The van der Waals surface area contributed by atoms with E-state index >= 15 is 0 Å². The molecule has 0 spiro atoms. The minimum atomic E-state index is -0.510. The Morgan fingerprint density at radius 1 is 1.29 bits per heavy atom. The third-order valence-corrected chi connectivity index (χ3v) is 4.88. The molecule has 1 fully saturated rings. The van der Waals surface area contributed by atoms with Gasteiger partial charge in [0.05, 0.1) is 45.4 Å². The molecule has 2 aromatic heterocycles. The third kappa shape index (κ3) is 5.37. The zero-order valence-corrected chi connectivity index (χ0v) is 17.3. The first kappa shape index (κ1) is 20.8. The zero-order chi connectivity index (χ0) is 21.5. The van der Waals surface area contributed by atoms with Crippen LogP contribution in [0.3, 0.4) is 0 Å². The van der Waals surface area contributed by atoms with Gasteiger partial charge in [-0.1, -0.05) is 0 Å². The van der Waals surface area contributed by atoms with Crippen LogP contribution in [0, 0.1) is 0 Å². The smallest absolute Gasteiger partial charge is 0.407 e. The van der Waals surface area contributed by atoms with Crippen LogP contribution in [0.15, 0.2) is 53.3 Å². The number of methoxy groups -OCH3 is 1. The zero-order valence-electron chi connectivity index (χ0n) is 17.3. The van der Waals surface area contributed by atoms with Gasteiger partial charge >= 0.3 is 6.09 Å². The summed E-state index contributed by atoms with van der Waals surface area (Å²) in [5.74, 6) is 1.99. The first-order valence-electron chi connectivity index (χ1n) is 10.1. The number of hydrogen-bond acceptors (Lipinski definition) is 7. The molecule has 9 heteroatoms. The van der Waals surface area contributed by atoms with Crippen molar-refractivity contribution in [2.45, 2.75) is 25.6 Å². The molecule has 3 heterocycles. The lowest BCUT2D eigenvalue weighted by Gasteiger charge is -2.16. The van der Waals surface area contributed by atoms with E-state index in [9.17, 15) is 4.79 Å². The normalized spacial score (nSPS) is 15.6. The number of nitrogens with zero attached hydrogens (tertiary/aromatic N) is 2. The highest BCUT2D eigenvalue weighted by Crippen LogP contribution is 2.34. The van der Waals surface area contributed by atoms with Crippen molar-refractivity contribution in [3.05, 3.63) is 54.6 Å². The van der Waals surface area contributed by atoms with E-state index in [0.717, 1.165) is 17.7 Å². The first-order valence-corrected chi connectivity index (χ1v) is 10.1. The summed E-state index contributed by atoms with van der Waals surface area (Å²) < 4.78 is 29.1. The van der Waals surface area contributed by atoms with E-state index in [0.29, 0.717) is 37.0 Å². The number of alkyl carbamates (subject to hydrolysis) is 1. The Morgan fingerprint density at radius 2 is 2.23 bits per heavy atom. The van der Waals surface area contributed by atoms with Gasteiger partial charge in [0.2, 0.25) is 0 Å². The summed E-state index contributed by atoms with van der Waals surface area (Å²) in [7, 11) is 1.62. The van der Waals surface area contributed by atoms with Gasteiger partial charge in [0.25, 0.3) is 0 Å². The molecule has 0 radical (unpaired) electrons. The van der Waals surface area contributed by atoms with E-state index < -0.39 is 6.09 Å². The van der Waals surface area contributed by atoms with Gasteiger partial charge in [-0.3, -0.25) is 4.68 Å². The maximum absolute atomic E-state index is 11.9. The summed E-state index contributed by atoms with van der Waals surface area (Å²) in [6, 6.07) is 11.2. The predicted octanol–water partition coefficient (Wildman–Crippen LogP) is 3.25. The highest BCUT2D eigenvalue weighted by Gasteiger charge is 2.20. The third-order valence-electron chi connectivity index (χ3n) is 4.88. The number of nitrogens with one attached hydrogen (secondary N) is 1. The Bertz CT molecular complexity index is 979. The second-order valence-corrected chi connectivity index (χ2v) is 6.98. The monoisotopic (exact) mass is 427 g/mol. The lowest BCUT2D eigenvalue weighted by atomic mass is 10.1. The van der Waals surface area contributed by atoms with Crippen molar-refractivity contribution in [3.8, 4) is 22.8 Å². The van der Waals surface area contributed by atoms with Crippen molar-refractivity contribution in [3.63, 3.8) is 0 Å². The fourth-order valence-corrected chi connectivity index (χ4v) is 3.32. The van der Waals surface area contributed by atoms with Gasteiger partial charge in [0.15, 0.2) is 11.5 Å². The van der Waals surface area contributed by atoms with Crippen molar-refractivity contribution in [1.82, 2.24) is 15.1 Å². The second kappa shape index (κ2) is 10.0. The van der Waals surface area contributed by atoms with E-state index in [2.05, 4.69) is 10.4 Å². The fourth-order valence-electron chi connectivity index (χ4n) is 3.32. The molecule has 0 aliphatic carbocycles. The van der Waals surface area contributed by atoms with E-state index in [1.54, 1.807) is 36.4 Å². The average Bonchev–Trinajstić information content (AvgIpc) is 3.55. The SMILES string of the molecule is COc1ccc(-c2ccnn2CCOC(=O)NCc2ccco2)cc1O[C@@H]1CCOC1. The number of ether oxygens (including phenoxy) is 4. The fraction of sp³-hybridized carbons (Fsp3) is 0.364. The predicted molar refractivity (Wildman–Crippen MR) is 111 cm³/mol. The van der Waals surface area contributed by atoms with Gasteiger partial charge in [-0.25, -0.2) is 4.79 Å². The van der Waals surface area contributed by atoms with Crippen LogP contribution in [-0.2, 0) is 22.6 Å². The summed E-state index contributed by atoms with van der Waals surface area (Å²) in [6.07, 6.45) is 3.62. The van der Waals surface area contributed by atoms with Gasteiger partial charge in [0.1, 0.15) is 18.5 Å². The van der Waals surface area contributed by atoms with Gasteiger partial charge in [-0.05, 0) is 36.4 Å². The Labute approximate surface area is 179 Å². The molecule has 1 aliphatic rings. The number of rotatable bonds is 9. The van der Waals surface area contributed by atoms with E-state index in [1.807, 2.05) is 24.3 Å². The van der Waals surface area contributed by atoms with Crippen molar-refractivity contribution in [2.24, 2.45) is 0 Å². The number of carbonyl (C=O) groups is 1. The number of hydrogen-bond donors (Lipinski definition) is 1. The quantitative estimate of drug-likeness (QED) is 0.560. The molecule has 1 aromatic carbocycles. The standard InChI is InChI=1S/C22H25N3O6/c1-27-20-5-4-16(13-21(20)31-18-7-11-28-15-18)19-6-8-24-25(19)9-12-30-22(26)23-14-17-3-2-10-29-17/h2-6,8,10,13,18H,7,9,11-12,14-15H2,1H3,(H,23,26)/t18-/m1/s1. The summed E-state index contributed by atoms with van der Waals surface area (Å²) >= 11 is 0. The van der Waals surface area contributed by atoms with Crippen LogP contribution >= 0.6 is 0 Å². The lowest BCUT2D eigenvalue weighted by molar-refractivity contribution is 0.138. The van der Waals surface area contributed by atoms with Crippen LogP contribution in [0.2, 0.25) is 0 Å². The summed E-state index contributed by atoms with van der Waals surface area (Å²) in [6.45, 7) is 2.14. The van der Waals surface area contributed by atoms with Crippen molar-refractivity contribution in [1.29, 1.82) is 0 Å². The molecule has 1 N–H and O–H groups in total. The highest BCUT2D eigenvalue weighted by molar-refractivity contribution is 5.67. The molecule has 1 atom stereocenters. The molecule has 1 aliphatic heterocycles. The number of benzene rings is 1. The van der Waals surface area contributed by atoms with Gasteiger partial charge in [-0.2, -0.15) is 5.10 Å². The van der Waals surface area contributed by atoms with E-state index in [4.69, 9.17) is 23.4 Å². The van der Waals surface area contributed by atoms with Crippen molar-refractivity contribution in [2.75, 3.05) is 26.9 Å². The molecule has 0 saturated carbocycles. The molecule has 0 bridgehead atoms. The maximum Gasteiger partial charge on any atom is 0.407 e. The molecular weight excluding hydrogens is 402 g/mol. The Hall–Kier alpha value is -3.46. The highest BCUT2D eigenvalue weighted by atomic mass is 16.6. The molecule has 9 nitrogen and oxygen atoms in total. The van der Waals surface area contributed by atoms with Crippen LogP contribution < -0.4 is 14.8 Å². The topological polar surface area (TPSA) is 97.0 Å². The molecule has 164 valence electrons. The molecule has 1 amide bonds. The Morgan fingerprint density at radius 3 is 3.00 bits per heavy atom.